The molecular weight excluding hydrogens is 232 g/mol. The number of amides is 1. The number of carbonyl (C=O) groups is 2. The Hall–Kier alpha value is -1.20. The predicted molar refractivity (Wildman–Crippen MR) is 54.6 cm³/mol. The van der Waals surface area contributed by atoms with E-state index in [1.807, 2.05) is 0 Å². The Labute approximate surface area is 97.6 Å². The van der Waals surface area contributed by atoms with E-state index in [2.05, 4.69) is 0 Å². The number of halogens is 2. The maximum atomic E-state index is 13.4. The Balaban J connectivity index is 1.90. The van der Waals surface area contributed by atoms with Crippen molar-refractivity contribution in [3.8, 4) is 0 Å². The van der Waals surface area contributed by atoms with Gasteiger partial charge in [-0.1, -0.05) is 0 Å². The van der Waals surface area contributed by atoms with Crippen molar-refractivity contribution in [2.75, 3.05) is 13.1 Å². The maximum Gasteiger partial charge on any atom is 0.303 e. The van der Waals surface area contributed by atoms with Gasteiger partial charge in [-0.05, 0) is 12.3 Å². The van der Waals surface area contributed by atoms with Gasteiger partial charge in [0.25, 0.3) is 5.92 Å². The molecule has 4 nitrogen and oxygen atoms in total. The zero-order valence-corrected chi connectivity index (χ0v) is 9.36. The number of fused-ring (bicyclic) bond motifs is 1. The lowest BCUT2D eigenvalue weighted by Crippen LogP contribution is -2.33. The summed E-state index contributed by atoms with van der Waals surface area (Å²) in [5.41, 5.74) is 0. The summed E-state index contributed by atoms with van der Waals surface area (Å²) in [6, 6.07) is 0. The third-order valence-corrected chi connectivity index (χ3v) is 3.74. The Morgan fingerprint density at radius 1 is 1.29 bits per heavy atom. The highest BCUT2D eigenvalue weighted by molar-refractivity contribution is 5.81. The predicted octanol–water partition coefficient (Wildman–Crippen LogP) is 1.35. The minimum absolute atomic E-state index is 0.0795. The standard InChI is InChI=1S/C11H15F2NO3/c12-11(13)4-3-7-5-14(6-8(7)11)9(15)1-2-10(16)17/h7-8H,1-6H2,(H,16,17)/t7-,8+/m0/s1. The molecule has 2 rings (SSSR count). The van der Waals surface area contributed by atoms with Gasteiger partial charge >= 0.3 is 5.97 Å². The van der Waals surface area contributed by atoms with Gasteiger partial charge in [0, 0.05) is 31.8 Å². The zero-order valence-electron chi connectivity index (χ0n) is 9.36. The van der Waals surface area contributed by atoms with Crippen LogP contribution in [-0.4, -0.2) is 40.9 Å². The summed E-state index contributed by atoms with van der Waals surface area (Å²) in [5.74, 6) is -4.86. The fraction of sp³-hybridized carbons (Fsp3) is 0.818. The van der Waals surface area contributed by atoms with Gasteiger partial charge in [0.05, 0.1) is 6.42 Å². The van der Waals surface area contributed by atoms with Crippen LogP contribution in [0, 0.1) is 11.8 Å². The molecule has 1 saturated carbocycles. The molecule has 0 aromatic carbocycles. The number of likely N-dealkylation sites (tertiary alicyclic amines) is 1. The summed E-state index contributed by atoms with van der Waals surface area (Å²) >= 11 is 0. The lowest BCUT2D eigenvalue weighted by atomic mass is 9.99. The van der Waals surface area contributed by atoms with Crippen molar-refractivity contribution in [1.82, 2.24) is 4.90 Å². The van der Waals surface area contributed by atoms with Crippen LogP contribution < -0.4 is 0 Å². The number of carboxylic acids is 1. The van der Waals surface area contributed by atoms with E-state index in [-0.39, 0.29) is 37.6 Å². The largest absolute Gasteiger partial charge is 0.481 e. The van der Waals surface area contributed by atoms with Gasteiger partial charge < -0.3 is 10.0 Å². The Morgan fingerprint density at radius 3 is 2.59 bits per heavy atom. The molecule has 1 saturated heterocycles. The molecule has 1 aliphatic carbocycles. The van der Waals surface area contributed by atoms with Crippen LogP contribution in [0.15, 0.2) is 0 Å². The van der Waals surface area contributed by atoms with Crippen molar-refractivity contribution in [1.29, 1.82) is 0 Å². The molecule has 1 amide bonds. The highest BCUT2D eigenvalue weighted by atomic mass is 19.3. The van der Waals surface area contributed by atoms with E-state index < -0.39 is 17.8 Å². The Morgan fingerprint density at radius 2 is 2.00 bits per heavy atom. The lowest BCUT2D eigenvalue weighted by molar-refractivity contribution is -0.140. The molecule has 0 spiro atoms. The summed E-state index contributed by atoms with van der Waals surface area (Å²) in [6.07, 6.45) is 0.0429. The van der Waals surface area contributed by atoms with Gasteiger partial charge in [0.2, 0.25) is 5.91 Å². The second-order valence-electron chi connectivity index (χ2n) is 4.86. The van der Waals surface area contributed by atoms with Gasteiger partial charge in [0.1, 0.15) is 0 Å². The first-order chi connectivity index (χ1) is 7.90. The third kappa shape index (κ3) is 2.40. The average Bonchev–Trinajstić information content (AvgIpc) is 2.77. The van der Waals surface area contributed by atoms with Gasteiger partial charge in [-0.2, -0.15) is 0 Å². The molecule has 2 fully saturated rings. The molecule has 1 heterocycles. The fourth-order valence-electron chi connectivity index (χ4n) is 2.78. The van der Waals surface area contributed by atoms with Crippen LogP contribution in [0.4, 0.5) is 8.78 Å². The number of carbonyl (C=O) groups excluding carboxylic acids is 1. The molecular formula is C11H15F2NO3. The number of aliphatic carboxylic acids is 1. The number of carboxylic acid groups (broad SMARTS) is 1. The quantitative estimate of drug-likeness (QED) is 0.819. The van der Waals surface area contributed by atoms with E-state index in [9.17, 15) is 18.4 Å². The van der Waals surface area contributed by atoms with E-state index in [0.717, 1.165) is 0 Å². The Bertz CT molecular complexity index is 346. The fourth-order valence-corrected chi connectivity index (χ4v) is 2.78. The van der Waals surface area contributed by atoms with Crippen LogP contribution in [0.5, 0.6) is 0 Å². The number of hydrogen-bond acceptors (Lipinski definition) is 2. The van der Waals surface area contributed by atoms with Crippen LogP contribution in [-0.2, 0) is 9.59 Å². The van der Waals surface area contributed by atoms with E-state index in [4.69, 9.17) is 5.11 Å². The van der Waals surface area contributed by atoms with E-state index >= 15 is 0 Å². The van der Waals surface area contributed by atoms with Crippen molar-refractivity contribution in [3.63, 3.8) is 0 Å². The van der Waals surface area contributed by atoms with Crippen molar-refractivity contribution in [2.24, 2.45) is 11.8 Å². The molecule has 6 heteroatoms. The molecule has 1 aliphatic heterocycles. The summed E-state index contributed by atoms with van der Waals surface area (Å²) in [6.45, 7) is 0.439. The zero-order chi connectivity index (χ0) is 12.6. The average molecular weight is 247 g/mol. The van der Waals surface area contributed by atoms with Gasteiger partial charge in [-0.15, -0.1) is 0 Å². The lowest BCUT2D eigenvalue weighted by Gasteiger charge is -2.20. The van der Waals surface area contributed by atoms with Crippen molar-refractivity contribution >= 4 is 11.9 Å². The van der Waals surface area contributed by atoms with Crippen LogP contribution in [0.1, 0.15) is 25.7 Å². The van der Waals surface area contributed by atoms with E-state index in [1.54, 1.807) is 0 Å². The number of hydrogen-bond donors (Lipinski definition) is 1. The topological polar surface area (TPSA) is 57.6 Å². The second kappa shape index (κ2) is 4.23. The minimum atomic E-state index is -2.66. The molecule has 96 valence electrons. The summed E-state index contributed by atoms with van der Waals surface area (Å²) in [4.78, 5) is 23.3. The summed E-state index contributed by atoms with van der Waals surface area (Å²) < 4.78 is 26.8. The molecule has 0 aromatic rings. The van der Waals surface area contributed by atoms with Gasteiger partial charge in [-0.25, -0.2) is 8.78 Å². The van der Waals surface area contributed by atoms with Gasteiger partial charge in [0.15, 0.2) is 0 Å². The summed E-state index contributed by atoms with van der Waals surface area (Å²) in [5, 5.41) is 8.46. The van der Waals surface area contributed by atoms with E-state index in [1.165, 1.54) is 4.90 Å². The minimum Gasteiger partial charge on any atom is -0.481 e. The highest BCUT2D eigenvalue weighted by Gasteiger charge is 2.54. The number of nitrogens with zero attached hydrogens (tertiary/aromatic N) is 1. The van der Waals surface area contributed by atoms with Gasteiger partial charge in [-0.3, -0.25) is 9.59 Å². The van der Waals surface area contributed by atoms with Crippen LogP contribution in [0.25, 0.3) is 0 Å². The smallest absolute Gasteiger partial charge is 0.303 e. The highest BCUT2D eigenvalue weighted by Crippen LogP contribution is 2.48. The molecule has 2 aliphatic rings. The van der Waals surface area contributed by atoms with Crippen molar-refractivity contribution in [2.45, 2.75) is 31.6 Å². The number of alkyl halides is 2. The van der Waals surface area contributed by atoms with Crippen LogP contribution in [0.2, 0.25) is 0 Å². The number of rotatable bonds is 3. The molecule has 0 bridgehead atoms. The van der Waals surface area contributed by atoms with E-state index in [0.29, 0.717) is 13.0 Å². The first-order valence-electron chi connectivity index (χ1n) is 5.77. The first kappa shape index (κ1) is 12.3. The van der Waals surface area contributed by atoms with Crippen molar-refractivity contribution in [3.05, 3.63) is 0 Å². The van der Waals surface area contributed by atoms with Crippen LogP contribution in [0.3, 0.4) is 0 Å². The second-order valence-corrected chi connectivity index (χ2v) is 4.86. The maximum absolute atomic E-state index is 13.4. The van der Waals surface area contributed by atoms with Crippen molar-refractivity contribution < 1.29 is 23.5 Å². The molecule has 2 atom stereocenters. The molecule has 0 aromatic heterocycles. The molecule has 0 unspecified atom stereocenters. The normalized spacial score (nSPS) is 30.4. The molecule has 0 radical (unpaired) electrons. The molecule has 1 N–H and O–H groups in total. The Kier molecular flexibility index (Phi) is 3.05. The first-order valence-corrected chi connectivity index (χ1v) is 5.77. The summed E-state index contributed by atoms with van der Waals surface area (Å²) in [7, 11) is 0. The SMILES string of the molecule is O=C(O)CCC(=O)N1C[C@@H]2CCC(F)(F)[C@@H]2C1. The van der Waals surface area contributed by atoms with Crippen LogP contribution >= 0.6 is 0 Å². The third-order valence-electron chi connectivity index (χ3n) is 3.74. The molecule has 17 heavy (non-hydrogen) atoms. The monoisotopic (exact) mass is 247 g/mol.